The van der Waals surface area contributed by atoms with Crippen molar-refractivity contribution in [1.82, 2.24) is 15.0 Å². The molecule has 0 radical (unpaired) electrons. The van der Waals surface area contributed by atoms with Gasteiger partial charge in [0.25, 0.3) is 0 Å². The van der Waals surface area contributed by atoms with Gasteiger partial charge in [-0.2, -0.15) is 0 Å². The Balaban J connectivity index is 1.51. The van der Waals surface area contributed by atoms with E-state index in [-0.39, 0.29) is 13.2 Å². The summed E-state index contributed by atoms with van der Waals surface area (Å²) in [4.78, 5) is 13.3. The zero-order valence-corrected chi connectivity index (χ0v) is 18.1. The molecular weight excluding hydrogens is 434 g/mol. The van der Waals surface area contributed by atoms with Crippen LogP contribution in [0.4, 0.5) is 10.9 Å². The van der Waals surface area contributed by atoms with Gasteiger partial charge in [-0.15, -0.1) is 0 Å². The number of thiazole rings is 1. The first kappa shape index (κ1) is 21.3. The molecule has 160 valence electrons. The second kappa shape index (κ2) is 9.92. The fourth-order valence-electron chi connectivity index (χ4n) is 2.80. The van der Waals surface area contributed by atoms with Gasteiger partial charge in [0.2, 0.25) is 0 Å². The summed E-state index contributed by atoms with van der Waals surface area (Å²) < 4.78 is 6.59. The summed E-state index contributed by atoms with van der Waals surface area (Å²) in [6.45, 7) is -0.458. The van der Waals surface area contributed by atoms with Gasteiger partial charge in [-0.3, -0.25) is 0 Å². The van der Waals surface area contributed by atoms with Crippen LogP contribution in [0, 0.1) is 0 Å². The van der Waals surface area contributed by atoms with Gasteiger partial charge in [-0.05, 0) is 29.8 Å². The number of nitrogens with two attached hydrogens (primary N) is 1. The Bertz CT molecular complexity index is 1150. The van der Waals surface area contributed by atoms with E-state index in [9.17, 15) is 10.2 Å². The summed E-state index contributed by atoms with van der Waals surface area (Å²) in [5, 5.41) is 22.7. The number of para-hydroxylation sites is 1. The van der Waals surface area contributed by atoms with Crippen molar-refractivity contribution in [3.8, 4) is 11.5 Å². The van der Waals surface area contributed by atoms with E-state index in [0.717, 1.165) is 17.1 Å². The highest BCUT2D eigenvalue weighted by Gasteiger charge is 2.16. The monoisotopic (exact) mass is 455 g/mol. The van der Waals surface area contributed by atoms with Crippen LogP contribution in [-0.4, -0.2) is 44.4 Å². The highest BCUT2D eigenvalue weighted by molar-refractivity contribution is 7.98. The van der Waals surface area contributed by atoms with E-state index < -0.39 is 6.04 Å². The van der Waals surface area contributed by atoms with E-state index in [2.05, 4.69) is 20.3 Å². The highest BCUT2D eigenvalue weighted by Crippen LogP contribution is 2.32. The molecule has 8 nitrogen and oxygen atoms in total. The van der Waals surface area contributed by atoms with Crippen molar-refractivity contribution in [3.63, 3.8) is 0 Å². The molecule has 10 heteroatoms. The molecule has 0 atom stereocenters. The largest absolute Gasteiger partial charge is 0.457 e. The van der Waals surface area contributed by atoms with E-state index in [1.165, 1.54) is 23.1 Å². The van der Waals surface area contributed by atoms with Crippen LogP contribution < -0.4 is 15.8 Å². The summed E-state index contributed by atoms with van der Waals surface area (Å²) in [7, 11) is 0. The lowest BCUT2D eigenvalue weighted by Gasteiger charge is -2.14. The van der Waals surface area contributed by atoms with Gasteiger partial charge >= 0.3 is 0 Å². The number of ether oxygens (including phenoxy) is 1. The van der Waals surface area contributed by atoms with Gasteiger partial charge in [0, 0.05) is 5.75 Å². The number of fused-ring (bicyclic) bond motifs is 1. The molecule has 0 saturated carbocycles. The van der Waals surface area contributed by atoms with Crippen LogP contribution in [0.2, 0.25) is 0 Å². The van der Waals surface area contributed by atoms with Gasteiger partial charge in [-0.1, -0.05) is 53.4 Å². The fourth-order valence-corrected chi connectivity index (χ4v) is 4.30. The van der Waals surface area contributed by atoms with E-state index in [4.69, 9.17) is 10.5 Å². The standard InChI is InChI=1S/C21H21N5O3S2/c22-20-24-19-17(31-20)18(23-14(10-27)11-28)25-21(26-19)30-12-13-5-4-8-16(9-13)29-15-6-2-1-3-7-15/h1-9,14,27-28H,10-12H2,(H3,22,23,24,25,26). The molecule has 0 amide bonds. The Hall–Kier alpha value is -2.92. The minimum atomic E-state index is -0.536. The van der Waals surface area contributed by atoms with Crippen molar-refractivity contribution < 1.29 is 14.9 Å². The minimum absolute atomic E-state index is 0.229. The number of aliphatic hydroxyl groups excluding tert-OH is 2. The molecule has 0 aliphatic rings. The van der Waals surface area contributed by atoms with Crippen molar-refractivity contribution in [2.24, 2.45) is 0 Å². The lowest BCUT2D eigenvalue weighted by molar-refractivity contribution is 0.203. The lowest BCUT2D eigenvalue weighted by atomic mass is 10.2. The number of thioether (sulfide) groups is 1. The van der Waals surface area contributed by atoms with Crippen LogP contribution in [0.25, 0.3) is 10.3 Å². The number of rotatable bonds is 9. The third kappa shape index (κ3) is 5.42. The van der Waals surface area contributed by atoms with Gasteiger partial charge in [0.15, 0.2) is 21.8 Å². The van der Waals surface area contributed by atoms with Crippen LogP contribution in [0.1, 0.15) is 5.56 Å². The molecular formula is C21H21N5O3S2. The maximum absolute atomic E-state index is 9.40. The van der Waals surface area contributed by atoms with E-state index >= 15 is 0 Å². The lowest BCUT2D eigenvalue weighted by Crippen LogP contribution is -2.28. The van der Waals surface area contributed by atoms with Gasteiger partial charge in [-0.25, -0.2) is 15.0 Å². The molecule has 2 heterocycles. The number of anilines is 2. The summed E-state index contributed by atoms with van der Waals surface area (Å²) in [5.41, 5.74) is 7.38. The Kier molecular flexibility index (Phi) is 6.82. The third-order valence-corrected chi connectivity index (χ3v) is 6.08. The van der Waals surface area contributed by atoms with Crippen LogP contribution in [0.15, 0.2) is 59.8 Å². The average molecular weight is 456 g/mol. The minimum Gasteiger partial charge on any atom is -0.457 e. The number of hydrogen-bond donors (Lipinski definition) is 4. The number of aromatic nitrogens is 3. The van der Waals surface area contributed by atoms with E-state index in [0.29, 0.717) is 32.2 Å². The third-order valence-electron chi connectivity index (χ3n) is 4.28. The Labute approximate surface area is 187 Å². The molecule has 0 saturated heterocycles. The zero-order valence-electron chi connectivity index (χ0n) is 16.4. The van der Waals surface area contributed by atoms with Crippen molar-refractivity contribution >= 4 is 44.4 Å². The van der Waals surface area contributed by atoms with Crippen molar-refractivity contribution in [3.05, 3.63) is 60.2 Å². The molecule has 0 aliphatic heterocycles. The molecule has 0 unspecified atom stereocenters. The van der Waals surface area contributed by atoms with Gasteiger partial charge < -0.3 is 26.0 Å². The quantitative estimate of drug-likeness (QED) is 0.221. The number of benzene rings is 2. The molecule has 0 fully saturated rings. The average Bonchev–Trinajstić information content (AvgIpc) is 3.17. The highest BCUT2D eigenvalue weighted by atomic mass is 32.2. The molecule has 2 aromatic carbocycles. The predicted octanol–water partition coefficient (Wildman–Crippen LogP) is 3.52. The molecule has 0 bridgehead atoms. The van der Waals surface area contributed by atoms with Crippen LogP contribution in [0.3, 0.4) is 0 Å². The van der Waals surface area contributed by atoms with Crippen LogP contribution in [-0.2, 0) is 5.75 Å². The first-order valence-electron chi connectivity index (χ1n) is 9.51. The van der Waals surface area contributed by atoms with Crippen LogP contribution in [0.5, 0.6) is 11.5 Å². The smallest absolute Gasteiger partial charge is 0.191 e. The number of nitrogens with zero attached hydrogens (tertiary/aromatic N) is 3. The molecule has 2 aromatic heterocycles. The number of nitrogen functional groups attached to an aromatic ring is 1. The van der Waals surface area contributed by atoms with E-state index in [1.807, 2.05) is 54.6 Å². The molecule has 0 spiro atoms. The summed E-state index contributed by atoms with van der Waals surface area (Å²) in [6, 6.07) is 16.9. The Morgan fingerprint density at radius 1 is 1.00 bits per heavy atom. The molecule has 31 heavy (non-hydrogen) atoms. The first-order valence-corrected chi connectivity index (χ1v) is 11.3. The SMILES string of the molecule is Nc1nc2nc(SCc3cccc(Oc4ccccc4)c3)nc(NC(CO)CO)c2s1. The Morgan fingerprint density at radius 3 is 2.55 bits per heavy atom. The normalized spacial score (nSPS) is 11.2. The maximum atomic E-state index is 9.40. The van der Waals surface area contributed by atoms with Crippen molar-refractivity contribution in [1.29, 1.82) is 0 Å². The molecule has 0 aliphatic carbocycles. The summed E-state index contributed by atoms with van der Waals surface area (Å²) in [6.07, 6.45) is 0. The topological polar surface area (TPSA) is 126 Å². The van der Waals surface area contributed by atoms with E-state index in [1.54, 1.807) is 0 Å². The zero-order chi connectivity index (χ0) is 21.6. The second-order valence-electron chi connectivity index (χ2n) is 6.62. The van der Waals surface area contributed by atoms with Gasteiger partial charge in [0.1, 0.15) is 16.2 Å². The van der Waals surface area contributed by atoms with Crippen LogP contribution >= 0.6 is 23.1 Å². The number of hydrogen-bond acceptors (Lipinski definition) is 10. The van der Waals surface area contributed by atoms with Gasteiger partial charge in [0.05, 0.1) is 19.3 Å². The predicted molar refractivity (Wildman–Crippen MR) is 124 cm³/mol. The summed E-state index contributed by atoms with van der Waals surface area (Å²) in [5.74, 6) is 2.65. The molecule has 5 N–H and O–H groups in total. The number of aliphatic hydroxyl groups is 2. The van der Waals surface area contributed by atoms with Crippen molar-refractivity contribution in [2.45, 2.75) is 17.0 Å². The Morgan fingerprint density at radius 2 is 1.77 bits per heavy atom. The summed E-state index contributed by atoms with van der Waals surface area (Å²) >= 11 is 2.71. The van der Waals surface area contributed by atoms with Crippen molar-refractivity contribution in [2.75, 3.05) is 24.3 Å². The molecule has 4 aromatic rings. The molecule has 4 rings (SSSR count). The maximum Gasteiger partial charge on any atom is 0.191 e. The fraction of sp³-hybridized carbons (Fsp3) is 0.190. The first-order chi connectivity index (χ1) is 15.1. The second-order valence-corrected chi connectivity index (χ2v) is 8.59. The number of nitrogens with one attached hydrogen (secondary N) is 1.